The van der Waals surface area contributed by atoms with Gasteiger partial charge in [-0.3, -0.25) is 0 Å². The minimum atomic E-state index is 0.237. The largest absolute Gasteiger partial charge is 0.337 e. The molecule has 1 aliphatic heterocycles. The molecule has 1 atom stereocenters. The van der Waals surface area contributed by atoms with Crippen molar-refractivity contribution in [3.05, 3.63) is 35.7 Å². The summed E-state index contributed by atoms with van der Waals surface area (Å²) in [4.78, 5) is 4.46. The lowest BCUT2D eigenvalue weighted by molar-refractivity contribution is 0.345. The van der Waals surface area contributed by atoms with Crippen LogP contribution >= 0.6 is 0 Å². The van der Waals surface area contributed by atoms with Crippen LogP contribution in [0.3, 0.4) is 0 Å². The lowest BCUT2D eigenvalue weighted by Gasteiger charge is -2.01. The van der Waals surface area contributed by atoms with Crippen molar-refractivity contribution in [2.75, 3.05) is 6.54 Å². The Bertz CT molecular complexity index is 515. The Balaban J connectivity index is 1.89. The zero-order chi connectivity index (χ0) is 11.7. The van der Waals surface area contributed by atoms with E-state index in [9.17, 15) is 0 Å². The van der Waals surface area contributed by atoms with Crippen LogP contribution in [0.25, 0.3) is 11.4 Å². The fraction of sp³-hybridized carbons (Fsp3) is 0.385. The number of aromatic nitrogens is 2. The molecule has 1 fully saturated rings. The second kappa shape index (κ2) is 4.30. The summed E-state index contributed by atoms with van der Waals surface area (Å²) in [5, 5.41) is 7.40. The third-order valence-electron chi connectivity index (χ3n) is 3.08. The van der Waals surface area contributed by atoms with Crippen molar-refractivity contribution in [3.8, 4) is 11.4 Å². The molecule has 0 radical (unpaired) electrons. The predicted octanol–water partition coefficient (Wildman–Crippen LogP) is 2.47. The first kappa shape index (κ1) is 10.5. The second-order valence-corrected chi connectivity index (χ2v) is 4.47. The van der Waals surface area contributed by atoms with E-state index < -0.39 is 0 Å². The van der Waals surface area contributed by atoms with Gasteiger partial charge < -0.3 is 9.84 Å². The van der Waals surface area contributed by atoms with Gasteiger partial charge in [0.25, 0.3) is 0 Å². The summed E-state index contributed by atoms with van der Waals surface area (Å²) in [6, 6.07) is 8.37. The van der Waals surface area contributed by atoms with Crippen LogP contribution in [0.4, 0.5) is 0 Å². The van der Waals surface area contributed by atoms with Crippen molar-refractivity contribution in [2.24, 2.45) is 0 Å². The molecule has 1 aliphatic rings. The Morgan fingerprint density at radius 3 is 3.12 bits per heavy atom. The van der Waals surface area contributed by atoms with Gasteiger partial charge in [-0.05, 0) is 32.4 Å². The van der Waals surface area contributed by atoms with Crippen LogP contribution < -0.4 is 5.32 Å². The molecule has 0 spiro atoms. The predicted molar refractivity (Wildman–Crippen MR) is 64.4 cm³/mol. The molecule has 0 unspecified atom stereocenters. The van der Waals surface area contributed by atoms with Crippen LogP contribution in [0.5, 0.6) is 0 Å². The summed E-state index contributed by atoms with van der Waals surface area (Å²) in [5.74, 6) is 1.39. The highest BCUT2D eigenvalue weighted by Crippen LogP contribution is 2.24. The molecule has 3 rings (SSSR count). The van der Waals surface area contributed by atoms with Crippen LogP contribution in [0.1, 0.15) is 30.3 Å². The molecule has 0 amide bonds. The Kier molecular flexibility index (Phi) is 2.65. The van der Waals surface area contributed by atoms with E-state index in [0.717, 1.165) is 18.5 Å². The second-order valence-electron chi connectivity index (χ2n) is 4.47. The van der Waals surface area contributed by atoms with Gasteiger partial charge in [0.05, 0.1) is 6.04 Å². The number of nitrogens with one attached hydrogen (secondary N) is 1. The molecule has 1 aromatic carbocycles. The van der Waals surface area contributed by atoms with E-state index in [1.165, 1.54) is 12.0 Å². The Hall–Kier alpha value is -1.68. The number of rotatable bonds is 2. The molecule has 4 heteroatoms. The van der Waals surface area contributed by atoms with Crippen LogP contribution in [-0.4, -0.2) is 16.7 Å². The first-order valence-corrected chi connectivity index (χ1v) is 5.97. The molecular weight excluding hydrogens is 214 g/mol. The molecule has 1 saturated heterocycles. The number of aryl methyl sites for hydroxylation is 1. The molecule has 1 aromatic heterocycles. The third kappa shape index (κ3) is 2.08. The molecule has 0 aliphatic carbocycles. The van der Waals surface area contributed by atoms with E-state index in [2.05, 4.69) is 34.5 Å². The molecular formula is C13H15N3O. The normalized spacial score (nSPS) is 19.7. The smallest absolute Gasteiger partial charge is 0.244 e. The summed E-state index contributed by atoms with van der Waals surface area (Å²) in [7, 11) is 0. The fourth-order valence-electron chi connectivity index (χ4n) is 2.17. The van der Waals surface area contributed by atoms with E-state index in [1.807, 2.05) is 12.1 Å². The zero-order valence-electron chi connectivity index (χ0n) is 9.81. The molecule has 17 heavy (non-hydrogen) atoms. The number of hydrogen-bond donors (Lipinski definition) is 1. The van der Waals surface area contributed by atoms with E-state index in [1.54, 1.807) is 0 Å². The zero-order valence-corrected chi connectivity index (χ0v) is 9.81. The highest BCUT2D eigenvalue weighted by Gasteiger charge is 2.22. The van der Waals surface area contributed by atoms with Gasteiger partial charge in [0.15, 0.2) is 0 Å². The number of benzene rings is 1. The van der Waals surface area contributed by atoms with Crippen molar-refractivity contribution in [3.63, 3.8) is 0 Å². The molecule has 0 bridgehead atoms. The standard InChI is InChI=1S/C13H15N3O/c1-9-4-2-5-10(8-9)12-15-13(17-16-12)11-6-3-7-14-11/h2,4-5,8,11,14H,3,6-7H2,1H3/t11-/m0/s1. The lowest BCUT2D eigenvalue weighted by atomic mass is 10.1. The van der Waals surface area contributed by atoms with Gasteiger partial charge in [0.2, 0.25) is 11.7 Å². The van der Waals surface area contributed by atoms with Crippen molar-refractivity contribution in [1.82, 2.24) is 15.5 Å². The first-order valence-electron chi connectivity index (χ1n) is 5.97. The quantitative estimate of drug-likeness (QED) is 0.859. The highest BCUT2D eigenvalue weighted by atomic mass is 16.5. The van der Waals surface area contributed by atoms with Gasteiger partial charge in [-0.15, -0.1) is 0 Å². The maximum Gasteiger partial charge on any atom is 0.244 e. The number of hydrogen-bond acceptors (Lipinski definition) is 4. The van der Waals surface area contributed by atoms with Gasteiger partial charge in [0.1, 0.15) is 0 Å². The maximum absolute atomic E-state index is 5.32. The minimum Gasteiger partial charge on any atom is -0.337 e. The summed E-state index contributed by atoms with van der Waals surface area (Å²) in [6.45, 7) is 3.09. The van der Waals surface area contributed by atoms with Gasteiger partial charge in [-0.2, -0.15) is 4.98 Å². The Labute approximate surface area is 100 Å². The summed E-state index contributed by atoms with van der Waals surface area (Å²) >= 11 is 0. The van der Waals surface area contributed by atoms with Crippen LogP contribution in [-0.2, 0) is 0 Å². The molecule has 4 nitrogen and oxygen atoms in total. The first-order chi connectivity index (χ1) is 8.33. The van der Waals surface area contributed by atoms with Crippen molar-refractivity contribution in [2.45, 2.75) is 25.8 Å². The molecule has 2 aromatic rings. The summed E-state index contributed by atoms with van der Waals surface area (Å²) in [5.41, 5.74) is 2.21. The minimum absolute atomic E-state index is 0.237. The maximum atomic E-state index is 5.32. The van der Waals surface area contributed by atoms with Gasteiger partial charge in [0, 0.05) is 5.56 Å². The van der Waals surface area contributed by atoms with Crippen molar-refractivity contribution in [1.29, 1.82) is 0 Å². The molecule has 1 N–H and O–H groups in total. The van der Waals surface area contributed by atoms with Gasteiger partial charge in [-0.1, -0.05) is 28.9 Å². The summed E-state index contributed by atoms with van der Waals surface area (Å²) in [6.07, 6.45) is 2.25. The van der Waals surface area contributed by atoms with Crippen LogP contribution in [0, 0.1) is 6.92 Å². The third-order valence-corrected chi connectivity index (χ3v) is 3.08. The van der Waals surface area contributed by atoms with Crippen LogP contribution in [0.15, 0.2) is 28.8 Å². The number of nitrogens with zero attached hydrogens (tertiary/aromatic N) is 2. The van der Waals surface area contributed by atoms with Gasteiger partial charge in [-0.25, -0.2) is 0 Å². The lowest BCUT2D eigenvalue weighted by Crippen LogP contribution is -2.12. The Morgan fingerprint density at radius 2 is 2.35 bits per heavy atom. The SMILES string of the molecule is Cc1cccc(-c2noc([C@@H]3CCCN3)n2)c1. The van der Waals surface area contributed by atoms with Crippen molar-refractivity contribution >= 4 is 0 Å². The fourth-order valence-corrected chi connectivity index (χ4v) is 2.17. The van der Waals surface area contributed by atoms with E-state index in [4.69, 9.17) is 4.52 Å². The van der Waals surface area contributed by atoms with E-state index in [-0.39, 0.29) is 6.04 Å². The van der Waals surface area contributed by atoms with Gasteiger partial charge >= 0.3 is 0 Å². The molecule has 88 valence electrons. The summed E-state index contributed by atoms with van der Waals surface area (Å²) < 4.78 is 5.32. The van der Waals surface area contributed by atoms with E-state index in [0.29, 0.717) is 11.7 Å². The molecule has 0 saturated carbocycles. The average molecular weight is 229 g/mol. The monoisotopic (exact) mass is 229 g/mol. The Morgan fingerprint density at radius 1 is 1.41 bits per heavy atom. The highest BCUT2D eigenvalue weighted by molar-refractivity contribution is 5.55. The topological polar surface area (TPSA) is 51.0 Å². The van der Waals surface area contributed by atoms with E-state index >= 15 is 0 Å². The van der Waals surface area contributed by atoms with Crippen LogP contribution in [0.2, 0.25) is 0 Å². The van der Waals surface area contributed by atoms with Crippen molar-refractivity contribution < 1.29 is 4.52 Å². The average Bonchev–Trinajstić information content (AvgIpc) is 3.00. The molecule has 2 heterocycles.